The molecular formula is C19H22N2O2. The second-order valence-electron chi connectivity index (χ2n) is 6.17. The van der Waals surface area contributed by atoms with Crippen molar-refractivity contribution < 1.29 is 9.90 Å². The van der Waals surface area contributed by atoms with E-state index in [0.29, 0.717) is 19.3 Å². The molecule has 1 aliphatic rings. The lowest BCUT2D eigenvalue weighted by Gasteiger charge is -2.25. The number of likely N-dealkylation sites (N-methyl/N-ethyl adjacent to an activating group) is 1. The van der Waals surface area contributed by atoms with Crippen LogP contribution in [0.3, 0.4) is 0 Å². The molecule has 1 N–H and O–H groups in total. The first-order chi connectivity index (χ1) is 11.0. The first kappa shape index (κ1) is 15.7. The quantitative estimate of drug-likeness (QED) is 0.943. The first-order valence-corrected chi connectivity index (χ1v) is 8.06. The van der Waals surface area contributed by atoms with Gasteiger partial charge in [0, 0.05) is 36.3 Å². The molecule has 1 aromatic carbocycles. The van der Waals surface area contributed by atoms with Gasteiger partial charge in [-0.05, 0) is 42.2 Å². The van der Waals surface area contributed by atoms with Gasteiger partial charge in [-0.2, -0.15) is 0 Å². The van der Waals surface area contributed by atoms with Gasteiger partial charge in [0.2, 0.25) is 5.91 Å². The molecule has 0 fully saturated rings. The van der Waals surface area contributed by atoms with Crippen molar-refractivity contribution in [3.05, 3.63) is 47.8 Å². The number of rotatable bonds is 4. The highest BCUT2D eigenvalue weighted by molar-refractivity contribution is 6.01. The van der Waals surface area contributed by atoms with Crippen molar-refractivity contribution >= 4 is 11.6 Å². The molecule has 120 valence electrons. The summed E-state index contributed by atoms with van der Waals surface area (Å²) in [5.41, 5.74) is 4.01. The first-order valence-electron chi connectivity index (χ1n) is 8.06. The lowest BCUT2D eigenvalue weighted by atomic mass is 9.88. The molecule has 0 unspecified atom stereocenters. The van der Waals surface area contributed by atoms with E-state index in [0.717, 1.165) is 27.9 Å². The van der Waals surface area contributed by atoms with Crippen molar-refractivity contribution in [1.82, 2.24) is 4.98 Å². The molecule has 4 nitrogen and oxygen atoms in total. The Bertz CT molecular complexity index is 751. The fourth-order valence-corrected chi connectivity index (χ4v) is 3.16. The summed E-state index contributed by atoms with van der Waals surface area (Å²) in [7, 11) is 1.80. The highest BCUT2D eigenvalue weighted by Gasteiger charge is 2.26. The molecule has 2 aromatic rings. The molecule has 0 saturated carbocycles. The Morgan fingerprint density at radius 3 is 2.61 bits per heavy atom. The smallest absolute Gasteiger partial charge is 0.231 e. The Labute approximate surface area is 136 Å². The summed E-state index contributed by atoms with van der Waals surface area (Å²) in [5.74, 6) is 0.121. The third-order valence-electron chi connectivity index (χ3n) is 4.94. The Morgan fingerprint density at radius 2 is 1.91 bits per heavy atom. The molecule has 1 aromatic heterocycles. The molecule has 0 aliphatic carbocycles. The number of benzene rings is 1. The summed E-state index contributed by atoms with van der Waals surface area (Å²) in [6.45, 7) is 3.96. The maximum absolute atomic E-state index is 11.8. The average molecular weight is 310 g/mol. The van der Waals surface area contributed by atoms with E-state index in [1.54, 1.807) is 24.3 Å². The molecule has 0 spiro atoms. The van der Waals surface area contributed by atoms with Crippen LogP contribution >= 0.6 is 0 Å². The minimum Gasteiger partial charge on any atom is -0.385 e. The normalized spacial score (nSPS) is 14.3. The number of hydrogen-bond donors (Lipinski definition) is 1. The highest BCUT2D eigenvalue weighted by atomic mass is 16.3. The number of nitrogens with zero attached hydrogens (tertiary/aromatic N) is 2. The number of anilines is 1. The number of carbonyl (C=O) groups is 1. The van der Waals surface area contributed by atoms with Crippen molar-refractivity contribution in [2.24, 2.45) is 0 Å². The summed E-state index contributed by atoms with van der Waals surface area (Å²) >= 11 is 0. The summed E-state index contributed by atoms with van der Waals surface area (Å²) in [4.78, 5) is 17.8. The van der Waals surface area contributed by atoms with E-state index >= 15 is 0 Å². The number of hydrogen-bond acceptors (Lipinski definition) is 3. The van der Waals surface area contributed by atoms with Gasteiger partial charge in [0.1, 0.15) is 0 Å². The zero-order valence-corrected chi connectivity index (χ0v) is 13.8. The van der Waals surface area contributed by atoms with Crippen molar-refractivity contribution in [2.45, 2.75) is 38.7 Å². The number of pyridine rings is 1. The fourth-order valence-electron chi connectivity index (χ4n) is 3.16. The number of fused-ring (bicyclic) bond motifs is 1. The van der Waals surface area contributed by atoms with E-state index in [9.17, 15) is 9.90 Å². The van der Waals surface area contributed by atoms with E-state index in [1.165, 1.54) is 0 Å². The van der Waals surface area contributed by atoms with Crippen LogP contribution in [0.15, 0.2) is 36.7 Å². The number of carbonyl (C=O) groups excluding carboxylic acids is 1. The van der Waals surface area contributed by atoms with Gasteiger partial charge in [-0.15, -0.1) is 0 Å². The van der Waals surface area contributed by atoms with Crippen LogP contribution in [0.2, 0.25) is 0 Å². The van der Waals surface area contributed by atoms with Crippen LogP contribution in [0.4, 0.5) is 5.69 Å². The van der Waals surface area contributed by atoms with Crippen LogP contribution in [0.5, 0.6) is 0 Å². The third kappa shape index (κ3) is 2.63. The minimum atomic E-state index is -0.837. The molecule has 1 aliphatic heterocycles. The van der Waals surface area contributed by atoms with Gasteiger partial charge in [0.25, 0.3) is 0 Å². The van der Waals surface area contributed by atoms with Gasteiger partial charge in [0.05, 0.1) is 12.0 Å². The van der Waals surface area contributed by atoms with Crippen LogP contribution in [-0.4, -0.2) is 23.0 Å². The van der Waals surface area contributed by atoms with Crippen LogP contribution in [-0.2, 0) is 16.8 Å². The Kier molecular flexibility index (Phi) is 3.94. The van der Waals surface area contributed by atoms with Crippen LogP contribution in [0.25, 0.3) is 11.1 Å². The fraction of sp³-hybridized carbons (Fsp3) is 0.368. The molecule has 0 atom stereocenters. The number of aromatic nitrogens is 1. The van der Waals surface area contributed by atoms with Crippen molar-refractivity contribution in [3.8, 4) is 11.1 Å². The number of aliphatic hydroxyl groups is 1. The van der Waals surface area contributed by atoms with E-state index < -0.39 is 5.60 Å². The molecule has 23 heavy (non-hydrogen) atoms. The van der Waals surface area contributed by atoms with Gasteiger partial charge in [-0.3, -0.25) is 9.78 Å². The largest absolute Gasteiger partial charge is 0.385 e. The maximum Gasteiger partial charge on any atom is 0.231 e. The SMILES string of the molecule is CCC(O)(CC)c1cncc(-c2ccc3c(c2)CC(=O)N3C)c1. The zero-order valence-electron chi connectivity index (χ0n) is 13.8. The second-order valence-corrected chi connectivity index (χ2v) is 6.17. The number of amides is 1. The second kappa shape index (κ2) is 5.78. The Balaban J connectivity index is 2.01. The van der Waals surface area contributed by atoms with E-state index in [1.807, 2.05) is 32.0 Å². The van der Waals surface area contributed by atoms with Crippen LogP contribution in [0, 0.1) is 0 Å². The van der Waals surface area contributed by atoms with Gasteiger partial charge in [0.15, 0.2) is 0 Å². The lowest BCUT2D eigenvalue weighted by molar-refractivity contribution is -0.117. The van der Waals surface area contributed by atoms with Crippen molar-refractivity contribution in [3.63, 3.8) is 0 Å². The molecule has 2 heterocycles. The Morgan fingerprint density at radius 1 is 1.17 bits per heavy atom. The van der Waals surface area contributed by atoms with Gasteiger partial charge >= 0.3 is 0 Å². The van der Waals surface area contributed by atoms with Crippen LogP contribution < -0.4 is 4.90 Å². The van der Waals surface area contributed by atoms with Gasteiger partial charge in [-0.1, -0.05) is 19.9 Å². The molecule has 1 amide bonds. The van der Waals surface area contributed by atoms with Gasteiger partial charge < -0.3 is 10.0 Å². The van der Waals surface area contributed by atoms with Crippen LogP contribution in [0.1, 0.15) is 37.8 Å². The third-order valence-corrected chi connectivity index (χ3v) is 4.94. The van der Waals surface area contributed by atoms with Gasteiger partial charge in [-0.25, -0.2) is 0 Å². The minimum absolute atomic E-state index is 0.121. The maximum atomic E-state index is 11.8. The molecule has 4 heteroatoms. The van der Waals surface area contributed by atoms with E-state index in [4.69, 9.17) is 0 Å². The summed E-state index contributed by atoms with van der Waals surface area (Å²) in [6, 6.07) is 8.04. The highest BCUT2D eigenvalue weighted by Crippen LogP contribution is 2.34. The lowest BCUT2D eigenvalue weighted by Crippen LogP contribution is -2.23. The molecule has 0 bridgehead atoms. The molecular weight excluding hydrogens is 288 g/mol. The predicted octanol–water partition coefficient (Wildman–Crippen LogP) is 3.28. The topological polar surface area (TPSA) is 53.4 Å². The predicted molar refractivity (Wildman–Crippen MR) is 91.3 cm³/mol. The molecule has 3 rings (SSSR count). The molecule has 0 radical (unpaired) electrons. The monoisotopic (exact) mass is 310 g/mol. The standard InChI is InChI=1S/C19H22N2O2/c1-4-19(23,5-2)16-9-15(11-20-12-16)13-6-7-17-14(8-13)10-18(22)21(17)3/h6-9,11-12,23H,4-5,10H2,1-3H3. The molecule has 0 saturated heterocycles. The van der Waals surface area contributed by atoms with Crippen molar-refractivity contribution in [1.29, 1.82) is 0 Å². The van der Waals surface area contributed by atoms with E-state index in [-0.39, 0.29) is 5.91 Å². The Hall–Kier alpha value is -2.20. The zero-order chi connectivity index (χ0) is 16.6. The summed E-state index contributed by atoms with van der Waals surface area (Å²) in [6.07, 6.45) is 5.29. The van der Waals surface area contributed by atoms with Crippen molar-refractivity contribution in [2.75, 3.05) is 11.9 Å². The van der Waals surface area contributed by atoms with E-state index in [2.05, 4.69) is 11.1 Å². The average Bonchev–Trinajstić information content (AvgIpc) is 2.88. The summed E-state index contributed by atoms with van der Waals surface area (Å²) < 4.78 is 0. The summed E-state index contributed by atoms with van der Waals surface area (Å²) in [5, 5.41) is 10.7.